The number of alkyl halides is 1. The summed E-state index contributed by atoms with van der Waals surface area (Å²) in [5.41, 5.74) is 2.58. The molecule has 0 amide bonds. The van der Waals surface area contributed by atoms with E-state index in [-0.39, 0.29) is 27.7 Å². The molecule has 0 bridgehead atoms. The van der Waals surface area contributed by atoms with Crippen LogP contribution in [0.3, 0.4) is 0 Å². The smallest absolute Gasteiger partial charge is 0.0949 e. The van der Waals surface area contributed by atoms with Crippen LogP contribution in [0.1, 0.15) is 5.69 Å². The van der Waals surface area contributed by atoms with Crippen LogP contribution in [0.2, 0.25) is 0 Å². The maximum Gasteiger partial charge on any atom is 0.0949 e. The predicted molar refractivity (Wildman–Crippen MR) is 58.2 cm³/mol. The van der Waals surface area contributed by atoms with Crippen LogP contribution in [0.25, 0.3) is 11.3 Å². The molecular formula is C13H11FNPt-. The van der Waals surface area contributed by atoms with Gasteiger partial charge in [-0.3, -0.25) is 4.39 Å². The first kappa shape index (κ1) is 13.1. The minimum absolute atomic E-state index is 0. The maximum absolute atomic E-state index is 12.2. The molecule has 0 aliphatic heterocycles. The summed E-state index contributed by atoms with van der Waals surface area (Å²) in [5.74, 6) is 0. The quantitative estimate of drug-likeness (QED) is 0.729. The van der Waals surface area contributed by atoms with E-state index in [1.54, 1.807) is 0 Å². The first-order valence-electron chi connectivity index (χ1n) is 4.89. The van der Waals surface area contributed by atoms with Crippen LogP contribution in [0, 0.1) is 6.07 Å². The third kappa shape index (κ3) is 3.24. The molecule has 2 rings (SSSR count). The summed E-state index contributed by atoms with van der Waals surface area (Å²) < 4.78 is 12.2. The zero-order valence-electron chi connectivity index (χ0n) is 8.60. The van der Waals surface area contributed by atoms with Gasteiger partial charge in [0.25, 0.3) is 0 Å². The maximum atomic E-state index is 12.2. The summed E-state index contributed by atoms with van der Waals surface area (Å²) in [6, 6.07) is 16.4. The Labute approximate surface area is 109 Å². The minimum Gasteiger partial charge on any atom is -0.301 e. The fraction of sp³-hybridized carbons (Fsp3) is 0.154. The zero-order valence-corrected chi connectivity index (χ0v) is 10.9. The third-order valence-electron chi connectivity index (χ3n) is 2.14. The Morgan fingerprint density at radius 2 is 2.00 bits per heavy atom. The molecule has 0 aliphatic carbocycles. The molecule has 0 saturated heterocycles. The van der Waals surface area contributed by atoms with Gasteiger partial charge in [-0.25, -0.2) is 0 Å². The SMILES string of the molecule is FCCc1cccc(-c2[c-]cccc2)n1.[Pt]. The number of pyridine rings is 1. The molecule has 1 aromatic carbocycles. The van der Waals surface area contributed by atoms with Gasteiger partial charge in [-0.05, 0) is 11.8 Å². The van der Waals surface area contributed by atoms with Gasteiger partial charge in [-0.15, -0.1) is 35.9 Å². The van der Waals surface area contributed by atoms with Crippen molar-refractivity contribution in [1.82, 2.24) is 4.98 Å². The van der Waals surface area contributed by atoms with Crippen LogP contribution in [0.4, 0.5) is 4.39 Å². The van der Waals surface area contributed by atoms with Gasteiger partial charge in [0.1, 0.15) is 0 Å². The Morgan fingerprint density at radius 3 is 2.69 bits per heavy atom. The van der Waals surface area contributed by atoms with E-state index in [4.69, 9.17) is 0 Å². The second-order valence-electron chi connectivity index (χ2n) is 3.23. The molecule has 16 heavy (non-hydrogen) atoms. The van der Waals surface area contributed by atoms with Crippen LogP contribution < -0.4 is 0 Å². The average Bonchev–Trinajstić information content (AvgIpc) is 2.31. The monoisotopic (exact) mass is 395 g/mol. The fourth-order valence-corrected chi connectivity index (χ4v) is 1.42. The molecular weight excluding hydrogens is 384 g/mol. The van der Waals surface area contributed by atoms with Crippen molar-refractivity contribution in [2.45, 2.75) is 6.42 Å². The molecule has 0 fully saturated rings. The van der Waals surface area contributed by atoms with Gasteiger partial charge in [-0.1, -0.05) is 12.1 Å². The number of nitrogens with zero attached hydrogens (tertiary/aromatic N) is 1. The van der Waals surface area contributed by atoms with E-state index in [0.717, 1.165) is 17.0 Å². The molecule has 86 valence electrons. The van der Waals surface area contributed by atoms with Crippen LogP contribution in [0.5, 0.6) is 0 Å². The number of benzene rings is 1. The van der Waals surface area contributed by atoms with Crippen LogP contribution >= 0.6 is 0 Å². The van der Waals surface area contributed by atoms with Crippen molar-refractivity contribution >= 4 is 0 Å². The van der Waals surface area contributed by atoms with Crippen molar-refractivity contribution in [3.8, 4) is 11.3 Å². The molecule has 0 spiro atoms. The Morgan fingerprint density at radius 1 is 1.12 bits per heavy atom. The molecule has 0 atom stereocenters. The topological polar surface area (TPSA) is 12.9 Å². The van der Waals surface area contributed by atoms with Crippen molar-refractivity contribution in [2.24, 2.45) is 0 Å². The van der Waals surface area contributed by atoms with Crippen LogP contribution in [-0.2, 0) is 27.5 Å². The predicted octanol–water partition coefficient (Wildman–Crippen LogP) is 3.06. The summed E-state index contributed by atoms with van der Waals surface area (Å²) in [4.78, 5) is 4.36. The van der Waals surface area contributed by atoms with Crippen LogP contribution in [-0.4, -0.2) is 11.7 Å². The standard InChI is InChI=1S/C13H11FN.Pt/c14-10-9-12-7-4-8-13(15-12)11-5-2-1-3-6-11;/h1-5,7-8H,9-10H2;/q-1;. The van der Waals surface area contributed by atoms with Gasteiger partial charge in [0, 0.05) is 33.2 Å². The molecule has 0 radical (unpaired) electrons. The second-order valence-corrected chi connectivity index (χ2v) is 3.23. The van der Waals surface area contributed by atoms with Gasteiger partial charge < -0.3 is 4.98 Å². The molecule has 0 N–H and O–H groups in total. The molecule has 0 unspecified atom stereocenters. The summed E-state index contributed by atoms with van der Waals surface area (Å²) in [7, 11) is 0. The van der Waals surface area contributed by atoms with Crippen molar-refractivity contribution in [3.63, 3.8) is 0 Å². The Hall–Kier alpha value is -1.01. The van der Waals surface area contributed by atoms with E-state index in [1.807, 2.05) is 42.5 Å². The number of aromatic nitrogens is 1. The minimum atomic E-state index is -0.366. The van der Waals surface area contributed by atoms with Gasteiger partial charge in [0.05, 0.1) is 6.67 Å². The van der Waals surface area contributed by atoms with Gasteiger partial charge >= 0.3 is 0 Å². The van der Waals surface area contributed by atoms with Crippen molar-refractivity contribution in [1.29, 1.82) is 0 Å². The number of aryl methyl sites for hydroxylation is 1. The van der Waals surface area contributed by atoms with E-state index in [0.29, 0.717) is 6.42 Å². The molecule has 0 aliphatic rings. The third-order valence-corrected chi connectivity index (χ3v) is 2.14. The second kappa shape index (κ2) is 6.54. The largest absolute Gasteiger partial charge is 0.301 e. The van der Waals surface area contributed by atoms with Crippen molar-refractivity contribution in [3.05, 3.63) is 54.2 Å². The van der Waals surface area contributed by atoms with E-state index in [9.17, 15) is 4.39 Å². The van der Waals surface area contributed by atoms with E-state index in [1.165, 1.54) is 0 Å². The summed E-state index contributed by atoms with van der Waals surface area (Å²) in [6.07, 6.45) is 0.376. The number of halogens is 1. The number of hydrogen-bond acceptors (Lipinski definition) is 1. The summed E-state index contributed by atoms with van der Waals surface area (Å²) in [5, 5.41) is 0. The summed E-state index contributed by atoms with van der Waals surface area (Å²) >= 11 is 0. The Bertz CT molecular complexity index is 431. The summed E-state index contributed by atoms with van der Waals surface area (Å²) in [6.45, 7) is -0.366. The number of rotatable bonds is 3. The first-order chi connectivity index (χ1) is 7.40. The molecule has 1 heterocycles. The Balaban J connectivity index is 0.00000128. The normalized spacial score (nSPS) is 9.56. The zero-order chi connectivity index (χ0) is 10.5. The van der Waals surface area contributed by atoms with Crippen molar-refractivity contribution < 1.29 is 25.5 Å². The molecule has 1 nitrogen and oxygen atoms in total. The number of hydrogen-bond donors (Lipinski definition) is 0. The molecule has 0 saturated carbocycles. The van der Waals surface area contributed by atoms with E-state index in [2.05, 4.69) is 11.1 Å². The average molecular weight is 395 g/mol. The first-order valence-corrected chi connectivity index (χ1v) is 4.89. The van der Waals surface area contributed by atoms with Gasteiger partial charge in [0.2, 0.25) is 0 Å². The molecule has 1 aromatic heterocycles. The van der Waals surface area contributed by atoms with E-state index < -0.39 is 0 Å². The van der Waals surface area contributed by atoms with Crippen LogP contribution in [0.15, 0.2) is 42.5 Å². The van der Waals surface area contributed by atoms with Gasteiger partial charge in [-0.2, -0.15) is 0 Å². The fourth-order valence-electron chi connectivity index (χ4n) is 1.42. The van der Waals surface area contributed by atoms with Gasteiger partial charge in [0.15, 0.2) is 0 Å². The molecule has 3 heteroatoms. The van der Waals surface area contributed by atoms with E-state index >= 15 is 0 Å². The van der Waals surface area contributed by atoms with Crippen molar-refractivity contribution in [2.75, 3.05) is 6.67 Å². The Kier molecular flexibility index (Phi) is 5.34. The molecule has 2 aromatic rings.